The Hall–Kier alpha value is -0.910. The van der Waals surface area contributed by atoms with Crippen LogP contribution in [0.3, 0.4) is 0 Å². The fourth-order valence-electron chi connectivity index (χ4n) is 1.99. The van der Waals surface area contributed by atoms with Gasteiger partial charge in [0.05, 0.1) is 6.04 Å². The summed E-state index contributed by atoms with van der Waals surface area (Å²) in [6.45, 7) is 7.76. The first kappa shape index (κ1) is 14.2. The molecule has 1 heterocycles. The molecular formula is C12H21N3OS. The van der Waals surface area contributed by atoms with E-state index in [0.29, 0.717) is 0 Å². The van der Waals surface area contributed by atoms with Gasteiger partial charge in [0, 0.05) is 11.4 Å². The fourth-order valence-corrected chi connectivity index (χ4v) is 2.71. The highest BCUT2D eigenvalue weighted by Crippen LogP contribution is 2.17. The van der Waals surface area contributed by atoms with Gasteiger partial charge in [-0.25, -0.2) is 5.84 Å². The minimum absolute atomic E-state index is 0.113. The van der Waals surface area contributed by atoms with Crippen molar-refractivity contribution in [2.45, 2.75) is 33.4 Å². The SMILES string of the molecule is CCN(Cc1cccs1)C(C(=O)NN)C(C)C. The Labute approximate surface area is 107 Å². The number of thiophene rings is 1. The fraction of sp³-hybridized carbons (Fsp3) is 0.583. The van der Waals surface area contributed by atoms with Gasteiger partial charge in [0.15, 0.2) is 0 Å². The molecule has 0 fully saturated rings. The zero-order chi connectivity index (χ0) is 12.8. The van der Waals surface area contributed by atoms with Crippen molar-refractivity contribution in [3.05, 3.63) is 22.4 Å². The standard InChI is InChI=1S/C12H21N3OS/c1-4-15(8-10-6-5-7-17-10)11(9(2)3)12(16)14-13/h5-7,9,11H,4,8,13H2,1-3H3,(H,14,16). The van der Waals surface area contributed by atoms with Gasteiger partial charge in [0.1, 0.15) is 0 Å². The van der Waals surface area contributed by atoms with Crippen LogP contribution in [0.4, 0.5) is 0 Å². The summed E-state index contributed by atoms with van der Waals surface area (Å²) < 4.78 is 0. The van der Waals surface area contributed by atoms with Crippen molar-refractivity contribution in [3.8, 4) is 0 Å². The van der Waals surface area contributed by atoms with Crippen molar-refractivity contribution in [1.82, 2.24) is 10.3 Å². The molecule has 1 aromatic heterocycles. The normalized spacial score (nSPS) is 13.1. The Kier molecular flexibility index (Phi) is 5.61. The molecule has 0 aromatic carbocycles. The monoisotopic (exact) mass is 255 g/mol. The number of carbonyl (C=O) groups excluding carboxylic acids is 1. The molecule has 1 amide bonds. The van der Waals surface area contributed by atoms with Crippen molar-refractivity contribution in [2.75, 3.05) is 6.54 Å². The van der Waals surface area contributed by atoms with Crippen LogP contribution in [0.15, 0.2) is 17.5 Å². The lowest BCUT2D eigenvalue weighted by atomic mass is 10.0. The second-order valence-electron chi connectivity index (χ2n) is 4.34. The number of likely N-dealkylation sites (N-methyl/N-ethyl adjacent to an activating group) is 1. The van der Waals surface area contributed by atoms with Crippen LogP contribution < -0.4 is 11.3 Å². The number of rotatable bonds is 6. The molecule has 1 rings (SSSR count). The maximum Gasteiger partial charge on any atom is 0.251 e. The molecule has 0 radical (unpaired) electrons. The van der Waals surface area contributed by atoms with Crippen LogP contribution >= 0.6 is 11.3 Å². The lowest BCUT2D eigenvalue weighted by molar-refractivity contribution is -0.128. The molecule has 1 aromatic rings. The summed E-state index contributed by atoms with van der Waals surface area (Å²) in [5, 5.41) is 2.05. The maximum absolute atomic E-state index is 11.8. The van der Waals surface area contributed by atoms with Crippen molar-refractivity contribution >= 4 is 17.2 Å². The minimum atomic E-state index is -0.174. The van der Waals surface area contributed by atoms with Crippen LogP contribution in [0.1, 0.15) is 25.6 Å². The molecule has 0 aliphatic rings. The molecule has 0 spiro atoms. The van der Waals surface area contributed by atoms with E-state index in [1.807, 2.05) is 19.9 Å². The lowest BCUT2D eigenvalue weighted by Gasteiger charge is -2.31. The zero-order valence-electron chi connectivity index (χ0n) is 10.6. The van der Waals surface area contributed by atoms with Gasteiger partial charge in [-0.15, -0.1) is 11.3 Å². The molecule has 4 nitrogen and oxygen atoms in total. The molecule has 1 atom stereocenters. The number of carbonyl (C=O) groups is 1. The van der Waals surface area contributed by atoms with Gasteiger partial charge in [0.2, 0.25) is 0 Å². The highest BCUT2D eigenvalue weighted by Gasteiger charge is 2.27. The van der Waals surface area contributed by atoms with E-state index in [4.69, 9.17) is 5.84 Å². The number of nitrogens with one attached hydrogen (secondary N) is 1. The molecule has 17 heavy (non-hydrogen) atoms. The van der Waals surface area contributed by atoms with Crippen molar-refractivity contribution in [1.29, 1.82) is 0 Å². The predicted octanol–water partition coefficient (Wildman–Crippen LogP) is 1.58. The Morgan fingerprint density at radius 3 is 2.71 bits per heavy atom. The molecule has 3 N–H and O–H groups in total. The largest absolute Gasteiger partial charge is 0.293 e. The average Bonchev–Trinajstić information content (AvgIpc) is 2.80. The molecule has 0 bridgehead atoms. The highest BCUT2D eigenvalue weighted by atomic mass is 32.1. The van der Waals surface area contributed by atoms with Crippen LogP contribution in [-0.2, 0) is 11.3 Å². The Morgan fingerprint density at radius 1 is 1.59 bits per heavy atom. The molecule has 1 unspecified atom stereocenters. The van der Waals surface area contributed by atoms with E-state index in [1.54, 1.807) is 11.3 Å². The van der Waals surface area contributed by atoms with Gasteiger partial charge in [-0.2, -0.15) is 0 Å². The van der Waals surface area contributed by atoms with Crippen molar-refractivity contribution in [2.24, 2.45) is 11.8 Å². The number of hydrogen-bond acceptors (Lipinski definition) is 4. The van der Waals surface area contributed by atoms with Gasteiger partial charge in [-0.05, 0) is 23.9 Å². The number of hydrogen-bond donors (Lipinski definition) is 2. The summed E-state index contributed by atoms with van der Waals surface area (Å²) in [6, 6.07) is 3.94. The van der Waals surface area contributed by atoms with Gasteiger partial charge < -0.3 is 0 Å². The first-order valence-electron chi connectivity index (χ1n) is 5.87. The highest BCUT2D eigenvalue weighted by molar-refractivity contribution is 7.09. The summed E-state index contributed by atoms with van der Waals surface area (Å²) in [4.78, 5) is 15.2. The quantitative estimate of drug-likeness (QED) is 0.461. The van der Waals surface area contributed by atoms with Gasteiger partial charge in [-0.3, -0.25) is 15.1 Å². The van der Waals surface area contributed by atoms with E-state index >= 15 is 0 Å². The number of amides is 1. The predicted molar refractivity (Wildman–Crippen MR) is 71.4 cm³/mol. The molecule has 0 saturated carbocycles. The van der Waals surface area contributed by atoms with E-state index in [0.717, 1.165) is 13.1 Å². The van der Waals surface area contributed by atoms with E-state index in [2.05, 4.69) is 28.7 Å². The zero-order valence-corrected chi connectivity index (χ0v) is 11.5. The lowest BCUT2D eigenvalue weighted by Crippen LogP contribution is -2.51. The van der Waals surface area contributed by atoms with Gasteiger partial charge in [0.25, 0.3) is 5.91 Å². The van der Waals surface area contributed by atoms with E-state index in [1.165, 1.54) is 4.88 Å². The molecule has 96 valence electrons. The van der Waals surface area contributed by atoms with Crippen LogP contribution in [0.25, 0.3) is 0 Å². The number of nitrogens with zero attached hydrogens (tertiary/aromatic N) is 1. The van der Waals surface area contributed by atoms with Crippen molar-refractivity contribution < 1.29 is 4.79 Å². The van der Waals surface area contributed by atoms with Gasteiger partial charge in [-0.1, -0.05) is 26.8 Å². The molecule has 0 aliphatic heterocycles. The van der Waals surface area contributed by atoms with Gasteiger partial charge >= 0.3 is 0 Å². The number of nitrogens with two attached hydrogens (primary N) is 1. The van der Waals surface area contributed by atoms with Crippen LogP contribution in [-0.4, -0.2) is 23.4 Å². The summed E-state index contributed by atoms with van der Waals surface area (Å²) >= 11 is 1.71. The molecular weight excluding hydrogens is 234 g/mol. The maximum atomic E-state index is 11.8. The Bertz CT molecular complexity index is 338. The third kappa shape index (κ3) is 3.80. The third-order valence-electron chi connectivity index (χ3n) is 2.78. The van der Waals surface area contributed by atoms with Crippen LogP contribution in [0, 0.1) is 5.92 Å². The second kappa shape index (κ2) is 6.74. The van der Waals surface area contributed by atoms with E-state index < -0.39 is 0 Å². The first-order chi connectivity index (χ1) is 8.10. The minimum Gasteiger partial charge on any atom is -0.293 e. The molecule has 0 aliphatic carbocycles. The average molecular weight is 255 g/mol. The van der Waals surface area contributed by atoms with Crippen LogP contribution in [0.2, 0.25) is 0 Å². The Balaban J connectivity index is 2.78. The summed E-state index contributed by atoms with van der Waals surface area (Å²) in [6.07, 6.45) is 0. The molecule has 5 heteroatoms. The first-order valence-corrected chi connectivity index (χ1v) is 6.75. The molecule has 0 saturated heterocycles. The summed E-state index contributed by atoms with van der Waals surface area (Å²) in [7, 11) is 0. The summed E-state index contributed by atoms with van der Waals surface area (Å²) in [5.41, 5.74) is 2.26. The number of hydrazine groups is 1. The van der Waals surface area contributed by atoms with E-state index in [-0.39, 0.29) is 17.9 Å². The van der Waals surface area contributed by atoms with Crippen LogP contribution in [0.5, 0.6) is 0 Å². The third-order valence-corrected chi connectivity index (χ3v) is 3.64. The Morgan fingerprint density at radius 2 is 2.29 bits per heavy atom. The second-order valence-corrected chi connectivity index (χ2v) is 5.37. The summed E-state index contributed by atoms with van der Waals surface area (Å²) in [5.74, 6) is 5.38. The smallest absolute Gasteiger partial charge is 0.251 e. The van der Waals surface area contributed by atoms with E-state index in [9.17, 15) is 4.79 Å². The van der Waals surface area contributed by atoms with Crippen molar-refractivity contribution in [3.63, 3.8) is 0 Å². The topological polar surface area (TPSA) is 58.4 Å².